The zero-order valence-corrected chi connectivity index (χ0v) is 15.6. The van der Waals surface area contributed by atoms with Crippen LogP contribution in [0.25, 0.3) is 11.1 Å². The molecule has 0 fully saturated rings. The van der Waals surface area contributed by atoms with Crippen LogP contribution in [0.1, 0.15) is 58.4 Å². The Morgan fingerprint density at radius 2 is 1.58 bits per heavy atom. The minimum absolute atomic E-state index is 0.730. The lowest BCUT2D eigenvalue weighted by molar-refractivity contribution is 0.555. The third kappa shape index (κ3) is 5.67. The molecule has 24 heavy (non-hydrogen) atoms. The Kier molecular flexibility index (Phi) is 7.82. The topological polar surface area (TPSA) is 0 Å². The van der Waals surface area contributed by atoms with Gasteiger partial charge >= 0.3 is 0 Å². The molecule has 0 heteroatoms. The quantitative estimate of drug-likeness (QED) is 0.421. The van der Waals surface area contributed by atoms with Crippen LogP contribution in [0.3, 0.4) is 0 Å². The average Bonchev–Trinajstić information content (AvgIpc) is 2.63. The molecule has 2 aromatic carbocycles. The average molecular weight is 321 g/mol. The highest BCUT2D eigenvalue weighted by molar-refractivity contribution is 5.63. The van der Waals surface area contributed by atoms with Crippen LogP contribution in [0, 0.1) is 5.92 Å². The van der Waals surface area contributed by atoms with Crippen molar-refractivity contribution in [2.45, 2.75) is 59.3 Å². The second-order valence-electron chi connectivity index (χ2n) is 6.79. The molecule has 0 aliphatic rings. The van der Waals surface area contributed by atoms with Crippen molar-refractivity contribution >= 4 is 0 Å². The fourth-order valence-electron chi connectivity index (χ4n) is 3.39. The second-order valence-corrected chi connectivity index (χ2v) is 6.79. The van der Waals surface area contributed by atoms with E-state index in [4.69, 9.17) is 0 Å². The molecule has 0 aliphatic carbocycles. The maximum absolute atomic E-state index is 2.45. The van der Waals surface area contributed by atoms with Crippen molar-refractivity contribution in [3.8, 4) is 11.1 Å². The van der Waals surface area contributed by atoms with Gasteiger partial charge < -0.3 is 0 Å². The van der Waals surface area contributed by atoms with Crippen molar-refractivity contribution in [3.05, 3.63) is 71.8 Å². The van der Waals surface area contributed by atoms with Gasteiger partial charge in [-0.3, -0.25) is 0 Å². The molecule has 0 saturated heterocycles. The van der Waals surface area contributed by atoms with Gasteiger partial charge in [0.15, 0.2) is 0 Å². The van der Waals surface area contributed by atoms with Gasteiger partial charge in [0.05, 0.1) is 0 Å². The van der Waals surface area contributed by atoms with Gasteiger partial charge in [0.2, 0.25) is 0 Å². The number of benzene rings is 2. The standard InChI is InChI=1S/C24H32/c1-4-10-22(11-5-2)20(3)12-9-13-21-16-18-24(19-17-21)23-14-7-6-8-15-23/h6-8,10,14-20H,4-5,9,11-13H2,1-3H3/b22-10-/t20-/m1/s1. The zero-order valence-electron chi connectivity index (χ0n) is 15.6. The summed E-state index contributed by atoms with van der Waals surface area (Å²) in [6.45, 7) is 6.93. The summed E-state index contributed by atoms with van der Waals surface area (Å²) in [6.07, 6.45) is 9.90. The van der Waals surface area contributed by atoms with Crippen molar-refractivity contribution in [2.24, 2.45) is 5.92 Å². The largest absolute Gasteiger partial charge is 0.0853 e. The van der Waals surface area contributed by atoms with Crippen LogP contribution in [-0.2, 0) is 6.42 Å². The van der Waals surface area contributed by atoms with E-state index >= 15 is 0 Å². The lowest BCUT2D eigenvalue weighted by Gasteiger charge is -2.16. The summed E-state index contributed by atoms with van der Waals surface area (Å²) in [5.41, 5.74) is 5.73. The van der Waals surface area contributed by atoms with Crippen LogP contribution in [-0.4, -0.2) is 0 Å². The molecule has 0 radical (unpaired) electrons. The summed E-state index contributed by atoms with van der Waals surface area (Å²) < 4.78 is 0. The first kappa shape index (κ1) is 18.5. The van der Waals surface area contributed by atoms with Gasteiger partial charge in [-0.05, 0) is 54.7 Å². The molecule has 0 saturated carbocycles. The van der Waals surface area contributed by atoms with Crippen LogP contribution in [0.2, 0.25) is 0 Å². The molecule has 0 unspecified atom stereocenters. The number of aryl methyl sites for hydroxylation is 1. The number of rotatable bonds is 9. The molecule has 0 heterocycles. The Hall–Kier alpha value is -1.82. The van der Waals surface area contributed by atoms with E-state index in [0.717, 1.165) is 5.92 Å². The predicted molar refractivity (Wildman–Crippen MR) is 107 cm³/mol. The predicted octanol–water partition coefficient (Wildman–Crippen LogP) is 7.45. The van der Waals surface area contributed by atoms with E-state index < -0.39 is 0 Å². The smallest absolute Gasteiger partial charge is 0.0184 e. The monoisotopic (exact) mass is 320 g/mol. The lowest BCUT2D eigenvalue weighted by Crippen LogP contribution is -2.01. The van der Waals surface area contributed by atoms with E-state index in [2.05, 4.69) is 81.4 Å². The van der Waals surface area contributed by atoms with Gasteiger partial charge in [-0.15, -0.1) is 0 Å². The van der Waals surface area contributed by atoms with Crippen molar-refractivity contribution in [1.29, 1.82) is 0 Å². The van der Waals surface area contributed by atoms with E-state index in [-0.39, 0.29) is 0 Å². The molecule has 2 aromatic rings. The summed E-state index contributed by atoms with van der Waals surface area (Å²) in [4.78, 5) is 0. The highest BCUT2D eigenvalue weighted by Gasteiger charge is 2.07. The van der Waals surface area contributed by atoms with Gasteiger partial charge in [0.25, 0.3) is 0 Å². The molecule has 1 atom stereocenters. The Balaban J connectivity index is 1.85. The summed E-state index contributed by atoms with van der Waals surface area (Å²) in [6, 6.07) is 19.7. The third-order valence-electron chi connectivity index (χ3n) is 4.80. The van der Waals surface area contributed by atoms with Crippen molar-refractivity contribution < 1.29 is 0 Å². The molecule has 0 bridgehead atoms. The molecule has 0 amide bonds. The van der Waals surface area contributed by atoms with Crippen LogP contribution >= 0.6 is 0 Å². The van der Waals surface area contributed by atoms with E-state index in [9.17, 15) is 0 Å². The van der Waals surface area contributed by atoms with E-state index in [1.165, 1.54) is 55.2 Å². The normalized spacial score (nSPS) is 13.0. The third-order valence-corrected chi connectivity index (χ3v) is 4.80. The summed E-state index contributed by atoms with van der Waals surface area (Å²) >= 11 is 0. The van der Waals surface area contributed by atoms with Crippen molar-refractivity contribution in [3.63, 3.8) is 0 Å². The maximum atomic E-state index is 2.45. The molecular weight excluding hydrogens is 288 g/mol. The molecule has 0 N–H and O–H groups in total. The molecule has 0 aromatic heterocycles. The van der Waals surface area contributed by atoms with Gasteiger partial charge in [-0.25, -0.2) is 0 Å². The summed E-state index contributed by atoms with van der Waals surface area (Å²) in [5.74, 6) is 0.730. The molecule has 0 spiro atoms. The van der Waals surface area contributed by atoms with Gasteiger partial charge in [0.1, 0.15) is 0 Å². The summed E-state index contributed by atoms with van der Waals surface area (Å²) in [5, 5.41) is 0. The first-order valence-electron chi connectivity index (χ1n) is 9.57. The number of hydrogen-bond acceptors (Lipinski definition) is 0. The van der Waals surface area contributed by atoms with E-state index in [1.807, 2.05) is 0 Å². The fourth-order valence-corrected chi connectivity index (χ4v) is 3.39. The minimum atomic E-state index is 0.730. The van der Waals surface area contributed by atoms with Gasteiger partial charge in [-0.2, -0.15) is 0 Å². The molecular formula is C24H32. The van der Waals surface area contributed by atoms with E-state index in [0.29, 0.717) is 0 Å². The highest BCUT2D eigenvalue weighted by atomic mass is 14.1. The van der Waals surface area contributed by atoms with Crippen molar-refractivity contribution in [2.75, 3.05) is 0 Å². The minimum Gasteiger partial charge on any atom is -0.0853 e. The first-order chi connectivity index (χ1) is 11.7. The number of allylic oxidation sites excluding steroid dienone is 2. The highest BCUT2D eigenvalue weighted by Crippen LogP contribution is 2.24. The van der Waals surface area contributed by atoms with Crippen molar-refractivity contribution in [1.82, 2.24) is 0 Å². The Morgan fingerprint density at radius 1 is 0.917 bits per heavy atom. The fraction of sp³-hybridized carbons (Fsp3) is 0.417. The molecule has 0 nitrogen and oxygen atoms in total. The Labute approximate surface area is 148 Å². The molecule has 128 valence electrons. The molecule has 2 rings (SSSR count). The first-order valence-corrected chi connectivity index (χ1v) is 9.57. The van der Waals surface area contributed by atoms with E-state index in [1.54, 1.807) is 5.57 Å². The van der Waals surface area contributed by atoms with Crippen LogP contribution in [0.15, 0.2) is 66.2 Å². The van der Waals surface area contributed by atoms with Crippen LogP contribution in [0.4, 0.5) is 0 Å². The summed E-state index contributed by atoms with van der Waals surface area (Å²) in [7, 11) is 0. The second kappa shape index (κ2) is 10.1. The Morgan fingerprint density at radius 3 is 2.21 bits per heavy atom. The zero-order chi connectivity index (χ0) is 17.2. The Bertz CT molecular complexity index is 604. The SMILES string of the molecule is CC/C=C(/CCC)[C@H](C)CCCc1ccc(-c2ccccc2)cc1. The number of hydrogen-bond donors (Lipinski definition) is 0. The lowest BCUT2D eigenvalue weighted by atomic mass is 9.90. The van der Waals surface area contributed by atoms with Gasteiger partial charge in [-0.1, -0.05) is 93.4 Å². The van der Waals surface area contributed by atoms with Crippen LogP contribution < -0.4 is 0 Å². The maximum Gasteiger partial charge on any atom is -0.0184 e. The molecule has 0 aliphatic heterocycles. The van der Waals surface area contributed by atoms with Gasteiger partial charge in [0, 0.05) is 0 Å². The van der Waals surface area contributed by atoms with Crippen LogP contribution in [0.5, 0.6) is 0 Å².